The van der Waals surface area contributed by atoms with E-state index in [2.05, 4.69) is 26.3 Å². The number of aromatic nitrogens is 2. The summed E-state index contributed by atoms with van der Waals surface area (Å²) < 4.78 is 2.68. The zero-order valence-corrected chi connectivity index (χ0v) is 13.9. The molecular weight excluding hydrogens is 362 g/mol. The van der Waals surface area contributed by atoms with E-state index < -0.39 is 17.9 Å². The number of carboxylic acids is 1. The van der Waals surface area contributed by atoms with Gasteiger partial charge < -0.3 is 10.4 Å². The van der Waals surface area contributed by atoms with E-state index in [1.165, 1.54) is 6.20 Å². The molecule has 0 bridgehead atoms. The van der Waals surface area contributed by atoms with Crippen LogP contribution in [0.4, 0.5) is 0 Å². The fourth-order valence-corrected chi connectivity index (χ4v) is 3.03. The monoisotopic (exact) mass is 377 g/mol. The van der Waals surface area contributed by atoms with Crippen molar-refractivity contribution in [3.63, 3.8) is 0 Å². The number of hydrogen-bond acceptors (Lipinski definition) is 3. The van der Waals surface area contributed by atoms with Gasteiger partial charge in [0.15, 0.2) is 6.04 Å². The molecule has 0 saturated carbocycles. The van der Waals surface area contributed by atoms with E-state index in [0.717, 1.165) is 36.0 Å². The molecule has 0 saturated heterocycles. The van der Waals surface area contributed by atoms with Crippen molar-refractivity contribution in [1.82, 2.24) is 15.1 Å². The summed E-state index contributed by atoms with van der Waals surface area (Å²) in [4.78, 5) is 24.0. The normalized spacial score (nSPS) is 14.8. The van der Waals surface area contributed by atoms with E-state index in [9.17, 15) is 14.7 Å². The molecule has 0 spiro atoms. The first-order chi connectivity index (χ1) is 11.1. The summed E-state index contributed by atoms with van der Waals surface area (Å²) in [5.74, 6) is -1.50. The van der Waals surface area contributed by atoms with Crippen molar-refractivity contribution in [2.24, 2.45) is 0 Å². The van der Waals surface area contributed by atoms with E-state index in [-0.39, 0.29) is 0 Å². The van der Waals surface area contributed by atoms with E-state index in [0.29, 0.717) is 11.1 Å². The quantitative estimate of drug-likeness (QED) is 0.857. The van der Waals surface area contributed by atoms with Crippen molar-refractivity contribution in [2.75, 3.05) is 0 Å². The van der Waals surface area contributed by atoms with Crippen LogP contribution in [-0.2, 0) is 17.8 Å². The molecule has 3 rings (SSSR count). The SMILES string of the molecule is O=C(NC(C(=O)O)c1ccc(Br)cc1)c1cnn2c1CCCC2. The molecule has 1 aromatic carbocycles. The van der Waals surface area contributed by atoms with E-state index in [1.807, 2.05) is 4.68 Å². The van der Waals surface area contributed by atoms with Crippen LogP contribution in [0.2, 0.25) is 0 Å². The Hall–Kier alpha value is -2.15. The van der Waals surface area contributed by atoms with Crippen LogP contribution in [0.5, 0.6) is 0 Å². The Bertz CT molecular complexity index is 740. The number of benzene rings is 1. The molecule has 1 atom stereocenters. The predicted molar refractivity (Wildman–Crippen MR) is 87.2 cm³/mol. The van der Waals surface area contributed by atoms with Crippen LogP contribution in [0.15, 0.2) is 34.9 Å². The van der Waals surface area contributed by atoms with Crippen molar-refractivity contribution in [1.29, 1.82) is 0 Å². The molecule has 1 aromatic heterocycles. The van der Waals surface area contributed by atoms with E-state index >= 15 is 0 Å². The standard InChI is InChI=1S/C16H16BrN3O3/c17-11-6-4-10(5-7-11)14(16(22)23)19-15(21)12-9-18-20-8-2-1-3-13(12)20/h4-7,9,14H,1-3,8H2,(H,19,21)(H,22,23). The summed E-state index contributed by atoms with van der Waals surface area (Å²) >= 11 is 3.31. The Kier molecular flexibility index (Phi) is 4.47. The van der Waals surface area contributed by atoms with Gasteiger partial charge in [-0.15, -0.1) is 0 Å². The average Bonchev–Trinajstić information content (AvgIpc) is 2.97. The molecule has 0 radical (unpaired) electrons. The fourth-order valence-electron chi connectivity index (χ4n) is 2.76. The lowest BCUT2D eigenvalue weighted by atomic mass is 10.0. The van der Waals surface area contributed by atoms with Crippen molar-refractivity contribution in [3.05, 3.63) is 51.8 Å². The molecule has 1 aliphatic heterocycles. The number of aryl methyl sites for hydroxylation is 1. The number of carbonyl (C=O) groups is 2. The van der Waals surface area contributed by atoms with Crippen LogP contribution in [0.1, 0.15) is 40.5 Å². The summed E-state index contributed by atoms with van der Waals surface area (Å²) in [6, 6.07) is 5.76. The summed E-state index contributed by atoms with van der Waals surface area (Å²) in [7, 11) is 0. The summed E-state index contributed by atoms with van der Waals surface area (Å²) in [5, 5.41) is 16.2. The van der Waals surface area contributed by atoms with Crippen molar-refractivity contribution in [3.8, 4) is 0 Å². The Balaban J connectivity index is 1.83. The molecule has 6 nitrogen and oxygen atoms in total. The Labute approximate surface area is 141 Å². The first-order valence-corrected chi connectivity index (χ1v) is 8.19. The maximum absolute atomic E-state index is 12.5. The number of amides is 1. The zero-order chi connectivity index (χ0) is 16.4. The molecule has 1 unspecified atom stereocenters. The molecule has 2 N–H and O–H groups in total. The first-order valence-electron chi connectivity index (χ1n) is 7.40. The van der Waals surface area contributed by atoms with Gasteiger partial charge >= 0.3 is 5.97 Å². The Morgan fingerprint density at radius 1 is 1.26 bits per heavy atom. The minimum atomic E-state index is -1.10. The highest BCUT2D eigenvalue weighted by molar-refractivity contribution is 9.10. The van der Waals surface area contributed by atoms with E-state index in [1.54, 1.807) is 24.3 Å². The van der Waals surface area contributed by atoms with Gasteiger partial charge in [0.05, 0.1) is 17.5 Å². The summed E-state index contributed by atoms with van der Waals surface area (Å²) in [5.41, 5.74) is 1.87. The van der Waals surface area contributed by atoms with Gasteiger partial charge in [-0.1, -0.05) is 28.1 Å². The van der Waals surface area contributed by atoms with Crippen LogP contribution in [0.25, 0.3) is 0 Å². The number of hydrogen-bond donors (Lipinski definition) is 2. The van der Waals surface area contributed by atoms with Crippen LogP contribution in [-0.4, -0.2) is 26.8 Å². The van der Waals surface area contributed by atoms with Gasteiger partial charge in [0.1, 0.15) is 0 Å². The van der Waals surface area contributed by atoms with Crippen molar-refractivity contribution in [2.45, 2.75) is 31.8 Å². The predicted octanol–water partition coefficient (Wildman–Crippen LogP) is 2.54. The lowest BCUT2D eigenvalue weighted by Gasteiger charge is -2.17. The second-order valence-electron chi connectivity index (χ2n) is 5.48. The Morgan fingerprint density at radius 2 is 2.00 bits per heavy atom. The number of carboxylic acid groups (broad SMARTS) is 1. The third-order valence-electron chi connectivity index (χ3n) is 3.95. The molecular formula is C16H16BrN3O3. The molecule has 7 heteroatoms. The molecule has 0 fully saturated rings. The highest BCUT2D eigenvalue weighted by Crippen LogP contribution is 2.21. The smallest absolute Gasteiger partial charge is 0.330 e. The van der Waals surface area contributed by atoms with Gasteiger partial charge in [0, 0.05) is 11.0 Å². The molecule has 1 aliphatic rings. The largest absolute Gasteiger partial charge is 0.479 e. The van der Waals surface area contributed by atoms with Crippen molar-refractivity contribution >= 4 is 27.8 Å². The molecule has 23 heavy (non-hydrogen) atoms. The van der Waals surface area contributed by atoms with Crippen LogP contribution in [0, 0.1) is 0 Å². The van der Waals surface area contributed by atoms with Gasteiger partial charge in [0.2, 0.25) is 0 Å². The summed E-state index contributed by atoms with van der Waals surface area (Å²) in [6.07, 6.45) is 4.38. The number of fused-ring (bicyclic) bond motifs is 1. The minimum absolute atomic E-state index is 0.400. The number of rotatable bonds is 4. The number of nitrogens with zero attached hydrogens (tertiary/aromatic N) is 2. The van der Waals surface area contributed by atoms with Crippen molar-refractivity contribution < 1.29 is 14.7 Å². The second-order valence-corrected chi connectivity index (χ2v) is 6.40. The topological polar surface area (TPSA) is 84.2 Å². The number of nitrogens with one attached hydrogen (secondary N) is 1. The Morgan fingerprint density at radius 3 is 2.70 bits per heavy atom. The number of halogens is 1. The first kappa shape index (κ1) is 15.7. The van der Waals surface area contributed by atoms with E-state index in [4.69, 9.17) is 0 Å². The molecule has 0 aliphatic carbocycles. The van der Waals surface area contributed by atoms with Crippen LogP contribution >= 0.6 is 15.9 Å². The zero-order valence-electron chi connectivity index (χ0n) is 12.3. The molecule has 120 valence electrons. The number of aliphatic carboxylic acids is 1. The third-order valence-corrected chi connectivity index (χ3v) is 4.48. The maximum Gasteiger partial charge on any atom is 0.330 e. The highest BCUT2D eigenvalue weighted by Gasteiger charge is 2.26. The minimum Gasteiger partial charge on any atom is -0.479 e. The fraction of sp³-hybridized carbons (Fsp3) is 0.312. The summed E-state index contributed by atoms with van der Waals surface area (Å²) in [6.45, 7) is 0.803. The van der Waals surface area contributed by atoms with Gasteiger partial charge in [-0.05, 0) is 37.0 Å². The lowest BCUT2D eigenvalue weighted by molar-refractivity contribution is -0.139. The van der Waals surface area contributed by atoms with Gasteiger partial charge in [0.25, 0.3) is 5.91 Å². The third kappa shape index (κ3) is 3.29. The molecule has 2 aromatic rings. The van der Waals surface area contributed by atoms with Crippen LogP contribution in [0.3, 0.4) is 0 Å². The molecule has 2 heterocycles. The average molecular weight is 378 g/mol. The van der Waals surface area contributed by atoms with Gasteiger partial charge in [-0.25, -0.2) is 4.79 Å². The maximum atomic E-state index is 12.5. The lowest BCUT2D eigenvalue weighted by Crippen LogP contribution is -2.34. The number of carbonyl (C=O) groups excluding carboxylic acids is 1. The van der Waals surface area contributed by atoms with Gasteiger partial charge in [-0.3, -0.25) is 9.48 Å². The second kappa shape index (κ2) is 6.54. The van der Waals surface area contributed by atoms with Crippen LogP contribution < -0.4 is 5.32 Å². The highest BCUT2D eigenvalue weighted by atomic mass is 79.9. The van der Waals surface area contributed by atoms with Gasteiger partial charge in [-0.2, -0.15) is 5.10 Å². The molecule has 1 amide bonds.